The summed E-state index contributed by atoms with van der Waals surface area (Å²) in [6.45, 7) is 1.93. The number of nitriles is 1. The SMILES string of the molecule is CN(c1ccc(C#N)c(Cl)c1)[C@H]1CC[C@H](NC(=O)c2ccc(N3CCC(CO)CC3)nn2)CC1. The highest BCUT2D eigenvalue weighted by Gasteiger charge is 2.26. The van der Waals surface area contributed by atoms with E-state index in [1.54, 1.807) is 12.1 Å². The van der Waals surface area contributed by atoms with Crippen molar-refractivity contribution in [1.82, 2.24) is 15.5 Å². The number of carbonyl (C=O) groups excluding carboxylic acids is 1. The first-order chi connectivity index (χ1) is 16.5. The molecule has 2 aliphatic rings. The summed E-state index contributed by atoms with van der Waals surface area (Å²) in [5.74, 6) is 0.958. The first-order valence-electron chi connectivity index (χ1n) is 11.9. The van der Waals surface area contributed by atoms with Crippen LogP contribution >= 0.6 is 11.6 Å². The smallest absolute Gasteiger partial charge is 0.272 e. The van der Waals surface area contributed by atoms with Crippen molar-refractivity contribution < 1.29 is 9.90 Å². The second-order valence-electron chi connectivity index (χ2n) is 9.26. The van der Waals surface area contributed by atoms with Crippen LogP contribution in [0.15, 0.2) is 30.3 Å². The highest BCUT2D eigenvalue weighted by atomic mass is 35.5. The Labute approximate surface area is 205 Å². The molecule has 1 saturated carbocycles. The van der Waals surface area contributed by atoms with Crippen LogP contribution in [0.3, 0.4) is 0 Å². The van der Waals surface area contributed by atoms with E-state index >= 15 is 0 Å². The molecule has 0 bridgehead atoms. The van der Waals surface area contributed by atoms with E-state index in [-0.39, 0.29) is 18.6 Å². The number of nitrogens with zero attached hydrogens (tertiary/aromatic N) is 5. The van der Waals surface area contributed by atoms with Crippen LogP contribution in [0.4, 0.5) is 11.5 Å². The van der Waals surface area contributed by atoms with Gasteiger partial charge in [-0.15, -0.1) is 10.2 Å². The van der Waals surface area contributed by atoms with Crippen LogP contribution in [0.1, 0.15) is 54.6 Å². The van der Waals surface area contributed by atoms with Gasteiger partial charge in [0.05, 0.1) is 10.6 Å². The number of carbonyl (C=O) groups is 1. The van der Waals surface area contributed by atoms with Crippen molar-refractivity contribution in [3.05, 3.63) is 46.6 Å². The van der Waals surface area contributed by atoms with Crippen LogP contribution in [0.25, 0.3) is 0 Å². The average molecular weight is 483 g/mol. The van der Waals surface area contributed by atoms with Crippen LogP contribution in [-0.2, 0) is 0 Å². The van der Waals surface area contributed by atoms with Crippen molar-refractivity contribution >= 4 is 29.0 Å². The maximum absolute atomic E-state index is 12.7. The number of hydrogen-bond donors (Lipinski definition) is 2. The minimum absolute atomic E-state index is 0.112. The third-order valence-corrected chi connectivity index (χ3v) is 7.45. The predicted octanol–water partition coefficient (Wildman–Crippen LogP) is 3.39. The lowest BCUT2D eigenvalue weighted by Gasteiger charge is -2.36. The lowest BCUT2D eigenvalue weighted by molar-refractivity contribution is 0.0919. The number of anilines is 2. The number of aliphatic hydroxyl groups excluding tert-OH is 1. The van der Waals surface area contributed by atoms with E-state index in [1.807, 2.05) is 25.2 Å². The van der Waals surface area contributed by atoms with Crippen molar-refractivity contribution in [2.75, 3.05) is 36.5 Å². The Balaban J connectivity index is 1.26. The maximum Gasteiger partial charge on any atom is 0.272 e. The molecule has 1 saturated heterocycles. The molecule has 0 atom stereocenters. The van der Waals surface area contributed by atoms with Gasteiger partial charge in [0.2, 0.25) is 0 Å². The van der Waals surface area contributed by atoms with Gasteiger partial charge in [0.15, 0.2) is 11.5 Å². The maximum atomic E-state index is 12.7. The zero-order chi connectivity index (χ0) is 24.1. The topological polar surface area (TPSA) is 105 Å². The van der Waals surface area contributed by atoms with Gasteiger partial charge in [-0.25, -0.2) is 0 Å². The van der Waals surface area contributed by atoms with Gasteiger partial charge in [-0.3, -0.25) is 4.79 Å². The molecule has 180 valence electrons. The number of aromatic nitrogens is 2. The van der Waals surface area contributed by atoms with Gasteiger partial charge in [-0.05, 0) is 74.8 Å². The van der Waals surface area contributed by atoms with Gasteiger partial charge in [0, 0.05) is 44.5 Å². The van der Waals surface area contributed by atoms with Crippen LogP contribution < -0.4 is 15.1 Å². The molecule has 0 radical (unpaired) electrons. The molecule has 1 aromatic carbocycles. The van der Waals surface area contributed by atoms with Crippen LogP contribution in [0.5, 0.6) is 0 Å². The molecule has 0 spiro atoms. The molecule has 2 heterocycles. The molecule has 4 rings (SSSR count). The minimum atomic E-state index is -0.186. The molecular formula is C25H31ClN6O2. The summed E-state index contributed by atoms with van der Waals surface area (Å²) in [6, 6.07) is 11.7. The van der Waals surface area contributed by atoms with Crippen molar-refractivity contribution in [2.45, 2.75) is 50.6 Å². The van der Waals surface area contributed by atoms with Crippen LogP contribution in [0, 0.1) is 17.2 Å². The summed E-state index contributed by atoms with van der Waals surface area (Å²) in [5.41, 5.74) is 1.81. The standard InChI is InChI=1S/C25H31ClN6O2/c1-31(21-5-2-18(15-27)22(26)14-21)20-6-3-19(4-7-20)28-25(34)23-8-9-24(30-29-23)32-12-10-17(16-33)11-13-32/h2,5,8-9,14,17,19-20,33H,3-4,6-7,10-13,16H2,1H3,(H,28,34)/t19-,20-. The quantitative estimate of drug-likeness (QED) is 0.650. The number of nitrogens with one attached hydrogen (secondary N) is 1. The lowest BCUT2D eigenvalue weighted by Crippen LogP contribution is -2.43. The summed E-state index contributed by atoms with van der Waals surface area (Å²) in [5, 5.41) is 30.4. The minimum Gasteiger partial charge on any atom is -0.396 e. The normalized spacial score (nSPS) is 21.1. The highest BCUT2D eigenvalue weighted by Crippen LogP contribution is 2.29. The molecule has 8 nitrogen and oxygen atoms in total. The lowest BCUT2D eigenvalue weighted by atomic mass is 9.90. The van der Waals surface area contributed by atoms with E-state index in [1.165, 1.54) is 0 Å². The molecular weight excluding hydrogens is 452 g/mol. The molecule has 1 amide bonds. The fourth-order valence-electron chi connectivity index (χ4n) is 4.85. The monoisotopic (exact) mass is 482 g/mol. The van der Waals surface area contributed by atoms with Gasteiger partial charge in [-0.2, -0.15) is 5.26 Å². The Morgan fingerprint density at radius 2 is 1.91 bits per heavy atom. The zero-order valence-corrected chi connectivity index (χ0v) is 20.2. The molecule has 9 heteroatoms. The Hall–Kier alpha value is -2.89. The Morgan fingerprint density at radius 3 is 2.50 bits per heavy atom. The predicted molar refractivity (Wildman–Crippen MR) is 132 cm³/mol. The van der Waals surface area contributed by atoms with E-state index in [2.05, 4.69) is 31.4 Å². The van der Waals surface area contributed by atoms with Gasteiger partial charge in [0.25, 0.3) is 5.91 Å². The van der Waals surface area contributed by atoms with E-state index in [0.717, 1.165) is 63.1 Å². The number of aliphatic hydroxyl groups is 1. The summed E-state index contributed by atoms with van der Waals surface area (Å²) in [7, 11) is 2.05. The second-order valence-corrected chi connectivity index (χ2v) is 9.66. The van der Waals surface area contributed by atoms with E-state index in [0.29, 0.717) is 28.2 Å². The summed E-state index contributed by atoms with van der Waals surface area (Å²) in [4.78, 5) is 17.1. The molecule has 1 aliphatic heterocycles. The van der Waals surface area contributed by atoms with Gasteiger partial charge >= 0.3 is 0 Å². The van der Waals surface area contributed by atoms with E-state index in [9.17, 15) is 9.90 Å². The first kappa shape index (κ1) is 24.2. The number of rotatable bonds is 6. The number of piperidine rings is 1. The van der Waals surface area contributed by atoms with Crippen molar-refractivity contribution in [3.8, 4) is 6.07 Å². The highest BCUT2D eigenvalue weighted by molar-refractivity contribution is 6.32. The fraction of sp³-hybridized carbons (Fsp3) is 0.520. The molecule has 2 N–H and O–H groups in total. The molecule has 2 aromatic rings. The Morgan fingerprint density at radius 1 is 1.18 bits per heavy atom. The molecule has 1 aromatic heterocycles. The van der Waals surface area contributed by atoms with Crippen molar-refractivity contribution in [3.63, 3.8) is 0 Å². The summed E-state index contributed by atoms with van der Waals surface area (Å²) >= 11 is 6.20. The number of halogens is 1. The summed E-state index contributed by atoms with van der Waals surface area (Å²) < 4.78 is 0. The average Bonchev–Trinajstić information content (AvgIpc) is 2.89. The molecule has 0 unspecified atom stereocenters. The number of hydrogen-bond acceptors (Lipinski definition) is 7. The fourth-order valence-corrected chi connectivity index (χ4v) is 5.07. The summed E-state index contributed by atoms with van der Waals surface area (Å²) in [6.07, 6.45) is 5.56. The largest absolute Gasteiger partial charge is 0.396 e. The number of amides is 1. The van der Waals surface area contributed by atoms with Crippen molar-refractivity contribution in [1.29, 1.82) is 5.26 Å². The van der Waals surface area contributed by atoms with E-state index in [4.69, 9.17) is 16.9 Å². The molecule has 34 heavy (non-hydrogen) atoms. The second kappa shape index (κ2) is 11.0. The third-order valence-electron chi connectivity index (χ3n) is 7.14. The van der Waals surface area contributed by atoms with Gasteiger partial charge in [-0.1, -0.05) is 11.6 Å². The number of benzene rings is 1. The van der Waals surface area contributed by atoms with Crippen LogP contribution in [0.2, 0.25) is 5.02 Å². The molecule has 2 fully saturated rings. The zero-order valence-electron chi connectivity index (χ0n) is 19.5. The Bertz CT molecular complexity index is 1020. The van der Waals surface area contributed by atoms with Gasteiger partial charge in [0.1, 0.15) is 6.07 Å². The van der Waals surface area contributed by atoms with Crippen molar-refractivity contribution in [2.24, 2.45) is 5.92 Å². The first-order valence-corrected chi connectivity index (χ1v) is 12.3. The Kier molecular flexibility index (Phi) is 7.86. The van der Waals surface area contributed by atoms with Crippen LogP contribution in [-0.4, -0.2) is 60.0 Å². The molecule has 1 aliphatic carbocycles. The van der Waals surface area contributed by atoms with Gasteiger partial charge < -0.3 is 20.2 Å². The van der Waals surface area contributed by atoms with E-state index < -0.39 is 0 Å². The third kappa shape index (κ3) is 5.60.